The maximum Gasteiger partial charge on any atom is 0.203 e. The standard InChI is InChI=1S/C16H17N5O5/c17-14-11-15(19-6-18-14)21(7-20-11)16(8-2-1-3-9(23)4-8)13(25)12(24)10(5-22)26-16/h1-4,6-7,10,12-13,22-25H,5H2,(H2,17,18,19)/t10-,12-,13-,16-/m1/s1. The number of anilines is 1. The summed E-state index contributed by atoms with van der Waals surface area (Å²) >= 11 is 0. The topological polar surface area (TPSA) is 160 Å². The van der Waals surface area contributed by atoms with E-state index in [9.17, 15) is 20.4 Å². The Hall–Kier alpha value is -2.79. The number of phenolic OH excluding ortho intramolecular Hbond substituents is 1. The number of aliphatic hydroxyl groups is 3. The third-order valence-corrected chi connectivity index (χ3v) is 4.60. The van der Waals surface area contributed by atoms with Crippen LogP contribution in [0.3, 0.4) is 0 Å². The second-order valence-electron chi connectivity index (χ2n) is 6.07. The summed E-state index contributed by atoms with van der Waals surface area (Å²) in [7, 11) is 0. The van der Waals surface area contributed by atoms with E-state index in [-0.39, 0.29) is 17.2 Å². The van der Waals surface area contributed by atoms with Crippen molar-refractivity contribution < 1.29 is 25.2 Å². The van der Waals surface area contributed by atoms with Gasteiger partial charge in [0, 0.05) is 5.56 Å². The Kier molecular flexibility index (Phi) is 3.77. The number of fused-ring (bicyclic) bond motifs is 1. The molecule has 6 N–H and O–H groups in total. The first-order valence-electron chi connectivity index (χ1n) is 7.87. The molecule has 0 unspecified atom stereocenters. The monoisotopic (exact) mass is 359 g/mol. The van der Waals surface area contributed by atoms with Crippen LogP contribution in [0, 0.1) is 0 Å². The minimum atomic E-state index is -1.68. The summed E-state index contributed by atoms with van der Waals surface area (Å²) in [4.78, 5) is 12.2. The summed E-state index contributed by atoms with van der Waals surface area (Å²) in [5, 5.41) is 40.6. The van der Waals surface area contributed by atoms with E-state index in [0.717, 1.165) is 0 Å². The Balaban J connectivity index is 2.02. The maximum absolute atomic E-state index is 10.9. The van der Waals surface area contributed by atoms with Crippen LogP contribution in [0.15, 0.2) is 36.9 Å². The quantitative estimate of drug-likeness (QED) is 0.392. The number of hydrogen-bond donors (Lipinski definition) is 5. The summed E-state index contributed by atoms with van der Waals surface area (Å²) < 4.78 is 7.33. The zero-order valence-corrected chi connectivity index (χ0v) is 13.5. The van der Waals surface area contributed by atoms with Gasteiger partial charge in [-0.3, -0.25) is 4.57 Å². The molecule has 4 rings (SSSR count). The van der Waals surface area contributed by atoms with Crippen molar-refractivity contribution in [3.63, 3.8) is 0 Å². The van der Waals surface area contributed by atoms with Gasteiger partial charge in [-0.2, -0.15) is 0 Å². The lowest BCUT2D eigenvalue weighted by Gasteiger charge is -2.34. The van der Waals surface area contributed by atoms with Crippen LogP contribution >= 0.6 is 0 Å². The first-order valence-corrected chi connectivity index (χ1v) is 7.87. The van der Waals surface area contributed by atoms with Crippen LogP contribution in [-0.4, -0.2) is 64.9 Å². The summed E-state index contributed by atoms with van der Waals surface area (Å²) in [6.45, 7) is -0.511. The number of imidazole rings is 1. The lowest BCUT2D eigenvalue weighted by molar-refractivity contribution is -0.115. The number of aliphatic hydroxyl groups excluding tert-OH is 3. The van der Waals surface area contributed by atoms with Gasteiger partial charge in [-0.05, 0) is 12.1 Å². The van der Waals surface area contributed by atoms with Crippen molar-refractivity contribution in [3.8, 4) is 5.75 Å². The van der Waals surface area contributed by atoms with Crippen LogP contribution in [0.2, 0.25) is 0 Å². The highest BCUT2D eigenvalue weighted by Gasteiger charge is 2.57. The SMILES string of the molecule is Nc1ncnc2c1ncn2[C@]1(c2cccc(O)c2)O[C@H](CO)[C@@H](O)[C@H]1O. The Bertz CT molecular complexity index is 963. The van der Waals surface area contributed by atoms with Gasteiger partial charge in [0.15, 0.2) is 11.5 Å². The number of aromatic nitrogens is 4. The molecule has 0 radical (unpaired) electrons. The zero-order chi connectivity index (χ0) is 18.5. The molecule has 10 heteroatoms. The van der Waals surface area contributed by atoms with Gasteiger partial charge in [0.25, 0.3) is 0 Å². The largest absolute Gasteiger partial charge is 0.508 e. The number of nitrogen functional groups attached to an aromatic ring is 1. The van der Waals surface area contributed by atoms with Gasteiger partial charge in [0.2, 0.25) is 5.72 Å². The Morgan fingerprint density at radius 2 is 2.04 bits per heavy atom. The second-order valence-corrected chi connectivity index (χ2v) is 6.07. The molecule has 1 aromatic carbocycles. The maximum atomic E-state index is 10.9. The van der Waals surface area contributed by atoms with Crippen molar-refractivity contribution in [1.82, 2.24) is 19.5 Å². The number of hydrogen-bond acceptors (Lipinski definition) is 9. The third kappa shape index (κ3) is 2.17. The number of nitrogens with two attached hydrogens (primary N) is 1. The summed E-state index contributed by atoms with van der Waals surface area (Å²) in [5.41, 5.74) is 5.06. The molecule has 0 amide bonds. The van der Waals surface area contributed by atoms with E-state index in [1.54, 1.807) is 12.1 Å². The minimum Gasteiger partial charge on any atom is -0.508 e. The molecule has 26 heavy (non-hydrogen) atoms. The smallest absolute Gasteiger partial charge is 0.203 e. The van der Waals surface area contributed by atoms with E-state index in [1.165, 1.54) is 29.4 Å². The number of aromatic hydroxyl groups is 1. The predicted molar refractivity (Wildman–Crippen MR) is 88.9 cm³/mol. The van der Waals surface area contributed by atoms with Gasteiger partial charge in [-0.15, -0.1) is 0 Å². The third-order valence-electron chi connectivity index (χ3n) is 4.60. The van der Waals surface area contributed by atoms with Crippen molar-refractivity contribution in [3.05, 3.63) is 42.5 Å². The molecule has 0 saturated carbocycles. The average molecular weight is 359 g/mol. The highest BCUT2D eigenvalue weighted by atomic mass is 16.6. The van der Waals surface area contributed by atoms with E-state index in [4.69, 9.17) is 10.5 Å². The minimum absolute atomic E-state index is 0.0572. The first-order chi connectivity index (χ1) is 12.5. The number of phenols is 1. The zero-order valence-electron chi connectivity index (χ0n) is 13.5. The first kappa shape index (κ1) is 16.7. The fraction of sp³-hybridized carbons (Fsp3) is 0.312. The van der Waals surface area contributed by atoms with Crippen LogP contribution in [0.25, 0.3) is 11.2 Å². The average Bonchev–Trinajstić information content (AvgIpc) is 3.17. The molecule has 0 spiro atoms. The summed E-state index contributed by atoms with van der Waals surface area (Å²) in [6.07, 6.45) is -1.30. The Morgan fingerprint density at radius 3 is 2.73 bits per heavy atom. The number of rotatable bonds is 3. The van der Waals surface area contributed by atoms with Gasteiger partial charge in [-0.25, -0.2) is 15.0 Å². The fourth-order valence-corrected chi connectivity index (χ4v) is 3.35. The molecule has 0 aliphatic carbocycles. The number of nitrogens with zero attached hydrogens (tertiary/aromatic N) is 4. The molecule has 1 fully saturated rings. The predicted octanol–water partition coefficient (Wildman–Crippen LogP) is -1.07. The van der Waals surface area contributed by atoms with Crippen LogP contribution in [-0.2, 0) is 10.5 Å². The molecule has 3 aromatic rings. The lowest BCUT2D eigenvalue weighted by atomic mass is 9.94. The molecular weight excluding hydrogens is 342 g/mol. The molecule has 1 aliphatic heterocycles. The molecule has 3 heterocycles. The van der Waals surface area contributed by atoms with E-state index < -0.39 is 30.6 Å². The number of benzene rings is 1. The molecule has 10 nitrogen and oxygen atoms in total. The van der Waals surface area contributed by atoms with E-state index in [2.05, 4.69) is 15.0 Å². The van der Waals surface area contributed by atoms with Crippen LogP contribution in [0.1, 0.15) is 5.56 Å². The Morgan fingerprint density at radius 1 is 1.23 bits per heavy atom. The summed E-state index contributed by atoms with van der Waals surface area (Å²) in [6, 6.07) is 6.05. The van der Waals surface area contributed by atoms with Gasteiger partial charge in [-0.1, -0.05) is 12.1 Å². The Labute approximate surface area is 147 Å². The van der Waals surface area contributed by atoms with Crippen molar-refractivity contribution in [2.45, 2.75) is 24.0 Å². The van der Waals surface area contributed by atoms with Crippen LogP contribution in [0.4, 0.5) is 5.82 Å². The van der Waals surface area contributed by atoms with Crippen molar-refractivity contribution in [2.75, 3.05) is 12.3 Å². The molecule has 2 aromatic heterocycles. The highest BCUT2D eigenvalue weighted by molar-refractivity contribution is 5.81. The summed E-state index contributed by atoms with van der Waals surface area (Å²) in [5.74, 6) is 0.0877. The van der Waals surface area contributed by atoms with Gasteiger partial charge < -0.3 is 30.9 Å². The van der Waals surface area contributed by atoms with Crippen LogP contribution in [0.5, 0.6) is 5.75 Å². The van der Waals surface area contributed by atoms with Crippen LogP contribution < -0.4 is 5.73 Å². The van der Waals surface area contributed by atoms with Gasteiger partial charge >= 0.3 is 0 Å². The van der Waals surface area contributed by atoms with Crippen molar-refractivity contribution in [2.24, 2.45) is 0 Å². The molecule has 1 aliphatic rings. The molecule has 136 valence electrons. The van der Waals surface area contributed by atoms with E-state index in [0.29, 0.717) is 11.1 Å². The highest BCUT2D eigenvalue weighted by Crippen LogP contribution is 2.43. The lowest BCUT2D eigenvalue weighted by Crippen LogP contribution is -2.46. The molecule has 1 saturated heterocycles. The van der Waals surface area contributed by atoms with Gasteiger partial charge in [0.1, 0.15) is 35.9 Å². The molecule has 4 atom stereocenters. The van der Waals surface area contributed by atoms with E-state index >= 15 is 0 Å². The normalized spacial score (nSPS) is 28.7. The number of ether oxygens (including phenoxy) is 1. The molecular formula is C16H17N5O5. The van der Waals surface area contributed by atoms with Crippen molar-refractivity contribution in [1.29, 1.82) is 0 Å². The molecule has 0 bridgehead atoms. The van der Waals surface area contributed by atoms with Gasteiger partial charge in [0.05, 0.1) is 12.9 Å². The van der Waals surface area contributed by atoms with Crippen molar-refractivity contribution >= 4 is 17.0 Å². The fourth-order valence-electron chi connectivity index (χ4n) is 3.35. The second kappa shape index (κ2) is 5.88. The van der Waals surface area contributed by atoms with E-state index in [1.807, 2.05) is 0 Å².